The van der Waals surface area contributed by atoms with Crippen LogP contribution >= 0.6 is 24.0 Å². The summed E-state index contributed by atoms with van der Waals surface area (Å²) in [5.74, 6) is 2.20. The number of guanidine groups is 1. The Balaban J connectivity index is 0.00000341. The van der Waals surface area contributed by atoms with Crippen molar-refractivity contribution in [2.45, 2.75) is 45.6 Å². The highest BCUT2D eigenvalue weighted by Gasteiger charge is 2.26. The van der Waals surface area contributed by atoms with E-state index in [0.717, 1.165) is 76.8 Å². The number of nitrogens with one attached hydrogen (secondary N) is 1. The van der Waals surface area contributed by atoms with E-state index in [1.807, 2.05) is 12.1 Å². The lowest BCUT2D eigenvalue weighted by molar-refractivity contribution is -0.129. The molecule has 0 saturated carbocycles. The van der Waals surface area contributed by atoms with Crippen LogP contribution in [0.25, 0.3) is 0 Å². The fourth-order valence-corrected chi connectivity index (χ4v) is 4.35. The third-order valence-electron chi connectivity index (χ3n) is 6.10. The summed E-state index contributed by atoms with van der Waals surface area (Å²) in [4.78, 5) is 23.8. The number of methoxy groups -OCH3 is 1. The van der Waals surface area contributed by atoms with Crippen LogP contribution in [0.15, 0.2) is 29.3 Å². The summed E-state index contributed by atoms with van der Waals surface area (Å²) in [5.41, 5.74) is 1.23. The van der Waals surface area contributed by atoms with Gasteiger partial charge in [-0.25, -0.2) is 0 Å². The minimum absolute atomic E-state index is 0. The number of halogens is 1. The maximum absolute atomic E-state index is 12.1. The normalized spacial score (nSPS) is 18.1. The summed E-state index contributed by atoms with van der Waals surface area (Å²) >= 11 is 0. The van der Waals surface area contributed by atoms with Gasteiger partial charge >= 0.3 is 0 Å². The zero-order valence-corrected chi connectivity index (χ0v) is 21.5. The summed E-state index contributed by atoms with van der Waals surface area (Å²) in [6, 6.07) is 8.60. The zero-order valence-electron chi connectivity index (χ0n) is 19.2. The number of piperazine rings is 1. The molecular weight excluding hydrogens is 505 g/mol. The number of aliphatic imine (C=N–C) groups is 1. The number of amides is 1. The molecule has 0 aromatic heterocycles. The average Bonchev–Trinajstić information content (AvgIpc) is 3.22. The predicted molar refractivity (Wildman–Crippen MR) is 138 cm³/mol. The number of carbonyl (C=O) groups is 1. The van der Waals surface area contributed by atoms with Crippen molar-refractivity contribution in [2.75, 3.05) is 57.8 Å². The fraction of sp³-hybridized carbons (Fsp3) is 0.652. The zero-order chi connectivity index (χ0) is 21.3. The first-order valence-electron chi connectivity index (χ1n) is 11.4. The van der Waals surface area contributed by atoms with Gasteiger partial charge in [0.1, 0.15) is 5.75 Å². The van der Waals surface area contributed by atoms with Crippen molar-refractivity contribution in [1.82, 2.24) is 15.1 Å². The molecule has 2 saturated heterocycles. The highest BCUT2D eigenvalue weighted by atomic mass is 127. The molecule has 1 aromatic rings. The van der Waals surface area contributed by atoms with E-state index in [2.05, 4.69) is 46.0 Å². The van der Waals surface area contributed by atoms with Gasteiger partial charge in [0.2, 0.25) is 5.91 Å². The van der Waals surface area contributed by atoms with E-state index in [-0.39, 0.29) is 24.0 Å². The van der Waals surface area contributed by atoms with Gasteiger partial charge in [0.25, 0.3) is 0 Å². The SMILES string of the molecule is CCNC(=NCCC(CC)N1CCCC1=O)N1CCN(c2ccc(OC)cc2)CC1.I. The van der Waals surface area contributed by atoms with Crippen molar-refractivity contribution < 1.29 is 9.53 Å². The van der Waals surface area contributed by atoms with E-state index < -0.39 is 0 Å². The predicted octanol–water partition coefficient (Wildman–Crippen LogP) is 3.19. The van der Waals surface area contributed by atoms with Crippen molar-refractivity contribution in [2.24, 2.45) is 4.99 Å². The van der Waals surface area contributed by atoms with Crippen molar-refractivity contribution in [1.29, 1.82) is 0 Å². The lowest BCUT2D eigenvalue weighted by Crippen LogP contribution is -2.52. The van der Waals surface area contributed by atoms with Gasteiger partial charge in [-0.3, -0.25) is 9.79 Å². The van der Waals surface area contributed by atoms with E-state index in [9.17, 15) is 4.79 Å². The Morgan fingerprint density at radius 3 is 2.39 bits per heavy atom. The summed E-state index contributed by atoms with van der Waals surface area (Å²) in [7, 11) is 1.70. The summed E-state index contributed by atoms with van der Waals surface area (Å²) in [5, 5.41) is 3.45. The molecule has 2 heterocycles. The Hall–Kier alpha value is -1.71. The van der Waals surface area contributed by atoms with Gasteiger partial charge in [0.15, 0.2) is 5.96 Å². The monoisotopic (exact) mass is 543 g/mol. The Morgan fingerprint density at radius 1 is 1.13 bits per heavy atom. The molecule has 2 fully saturated rings. The van der Waals surface area contributed by atoms with Crippen LogP contribution < -0.4 is 15.0 Å². The Kier molecular flexibility index (Phi) is 10.7. The fourth-order valence-electron chi connectivity index (χ4n) is 4.35. The maximum Gasteiger partial charge on any atom is 0.222 e. The molecule has 1 unspecified atom stereocenters. The largest absolute Gasteiger partial charge is 0.497 e. The van der Waals surface area contributed by atoms with Gasteiger partial charge in [0.05, 0.1) is 7.11 Å². The van der Waals surface area contributed by atoms with Crippen LogP contribution in [0, 0.1) is 0 Å². The number of benzene rings is 1. The van der Waals surface area contributed by atoms with Crippen LogP contribution in [-0.4, -0.2) is 80.6 Å². The van der Waals surface area contributed by atoms with Gasteiger partial charge in [-0.05, 0) is 50.5 Å². The molecule has 0 spiro atoms. The second-order valence-corrected chi connectivity index (χ2v) is 7.95. The summed E-state index contributed by atoms with van der Waals surface area (Å²) in [6.07, 6.45) is 3.64. The maximum atomic E-state index is 12.1. The lowest BCUT2D eigenvalue weighted by atomic mass is 10.1. The Bertz CT molecular complexity index is 704. The first-order valence-corrected chi connectivity index (χ1v) is 11.4. The first kappa shape index (κ1) is 25.5. The molecule has 1 amide bonds. The highest BCUT2D eigenvalue weighted by Crippen LogP contribution is 2.21. The second-order valence-electron chi connectivity index (χ2n) is 7.95. The van der Waals surface area contributed by atoms with Crippen LogP contribution in [-0.2, 0) is 4.79 Å². The van der Waals surface area contributed by atoms with Crippen molar-refractivity contribution in [3.63, 3.8) is 0 Å². The smallest absolute Gasteiger partial charge is 0.222 e. The number of hydrogen-bond donors (Lipinski definition) is 1. The average molecular weight is 543 g/mol. The van der Waals surface area contributed by atoms with Gasteiger partial charge in [-0.1, -0.05) is 6.92 Å². The summed E-state index contributed by atoms with van der Waals surface area (Å²) < 4.78 is 5.26. The third-order valence-corrected chi connectivity index (χ3v) is 6.10. The van der Waals surface area contributed by atoms with Crippen molar-refractivity contribution in [3.05, 3.63) is 24.3 Å². The topological polar surface area (TPSA) is 60.4 Å². The van der Waals surface area contributed by atoms with E-state index in [1.54, 1.807) is 7.11 Å². The van der Waals surface area contributed by atoms with Gasteiger partial charge in [-0.2, -0.15) is 0 Å². The first-order chi connectivity index (χ1) is 14.7. The van der Waals surface area contributed by atoms with Gasteiger partial charge in [-0.15, -0.1) is 24.0 Å². The summed E-state index contributed by atoms with van der Waals surface area (Å²) in [6.45, 7) is 10.6. The number of nitrogens with zero attached hydrogens (tertiary/aromatic N) is 4. The van der Waals surface area contributed by atoms with E-state index in [4.69, 9.17) is 9.73 Å². The van der Waals surface area contributed by atoms with Crippen molar-refractivity contribution in [3.8, 4) is 5.75 Å². The number of rotatable bonds is 8. The molecule has 174 valence electrons. The standard InChI is InChI=1S/C23H37N5O2.HI/c1-4-19(28-14-6-7-22(28)29)12-13-25-23(24-5-2)27-17-15-26(16-18-27)20-8-10-21(30-3)11-9-20;/h8-11,19H,4-7,12-18H2,1-3H3,(H,24,25);1H. The van der Waals surface area contributed by atoms with Gasteiger partial charge in [0, 0.05) is 64.0 Å². The number of anilines is 1. The molecule has 0 aliphatic carbocycles. The highest BCUT2D eigenvalue weighted by molar-refractivity contribution is 14.0. The minimum atomic E-state index is 0. The van der Waals surface area contributed by atoms with E-state index in [1.165, 1.54) is 5.69 Å². The number of hydrogen-bond acceptors (Lipinski definition) is 4. The quantitative estimate of drug-likeness (QED) is 0.310. The van der Waals surface area contributed by atoms with Crippen molar-refractivity contribution >= 4 is 41.5 Å². The molecule has 1 atom stereocenters. The molecule has 2 aliphatic heterocycles. The molecule has 0 radical (unpaired) electrons. The van der Waals surface area contributed by atoms with Crippen LogP contribution in [0.2, 0.25) is 0 Å². The van der Waals surface area contributed by atoms with E-state index in [0.29, 0.717) is 18.4 Å². The second kappa shape index (κ2) is 13.0. The number of likely N-dealkylation sites (tertiary alicyclic amines) is 1. The Morgan fingerprint density at radius 2 is 1.84 bits per heavy atom. The lowest BCUT2D eigenvalue weighted by Gasteiger charge is -2.37. The number of carbonyl (C=O) groups excluding carboxylic acids is 1. The molecule has 31 heavy (non-hydrogen) atoms. The molecule has 1 N–H and O–H groups in total. The van der Waals surface area contributed by atoms with Crippen LogP contribution in [0.1, 0.15) is 39.5 Å². The number of ether oxygens (including phenoxy) is 1. The minimum Gasteiger partial charge on any atom is -0.497 e. The Labute approximate surface area is 204 Å². The van der Waals surface area contributed by atoms with Gasteiger partial charge < -0.3 is 24.8 Å². The molecule has 2 aliphatic rings. The van der Waals surface area contributed by atoms with Crippen LogP contribution in [0.4, 0.5) is 5.69 Å². The molecule has 8 heteroatoms. The molecule has 3 rings (SSSR count). The molecular formula is C23H38IN5O2. The molecule has 0 bridgehead atoms. The van der Waals surface area contributed by atoms with E-state index >= 15 is 0 Å². The van der Waals surface area contributed by atoms with Crippen LogP contribution in [0.5, 0.6) is 5.75 Å². The van der Waals surface area contributed by atoms with Crippen LogP contribution in [0.3, 0.4) is 0 Å². The molecule has 1 aromatic carbocycles. The molecule has 7 nitrogen and oxygen atoms in total. The third kappa shape index (κ3) is 6.89.